The topological polar surface area (TPSA) is 97.4 Å². The highest BCUT2D eigenvalue weighted by Crippen LogP contribution is 2.24. The van der Waals surface area contributed by atoms with Crippen LogP contribution in [-0.2, 0) is 33.3 Å². The van der Waals surface area contributed by atoms with Crippen LogP contribution in [0.5, 0.6) is 5.75 Å². The molecule has 1 aliphatic carbocycles. The van der Waals surface area contributed by atoms with Crippen molar-refractivity contribution in [2.75, 3.05) is 26.4 Å². The van der Waals surface area contributed by atoms with E-state index in [0.29, 0.717) is 19.8 Å². The lowest BCUT2D eigenvalue weighted by atomic mass is 9.95. The lowest BCUT2D eigenvalue weighted by Crippen LogP contribution is -2.28. The molecule has 0 atom stereocenters. The lowest BCUT2D eigenvalue weighted by molar-refractivity contribution is -0.146. The van der Waals surface area contributed by atoms with Gasteiger partial charge in [-0.25, -0.2) is 14.4 Å². The summed E-state index contributed by atoms with van der Waals surface area (Å²) in [5.41, 5.74) is 0.901. The third kappa shape index (κ3) is 16.5. The first-order valence-electron chi connectivity index (χ1n) is 14.8. The predicted octanol–water partition coefficient (Wildman–Crippen LogP) is 6.53. The SMILES string of the molecule is C=CC(=O)OCCCCCCOc1ccc(/C=C/C(=O)O[C@H]2CC[C@H](OCCCCCCOC(=O)C=C)CC2)cc1. The number of unbranched alkanes of at least 4 members (excludes halogenated alkanes) is 6. The average molecular weight is 571 g/mol. The second kappa shape index (κ2) is 21.4. The molecule has 1 fully saturated rings. The highest BCUT2D eigenvalue weighted by Gasteiger charge is 2.23. The summed E-state index contributed by atoms with van der Waals surface area (Å²) in [6.07, 6.45) is 16.8. The molecule has 2 rings (SSSR count). The Morgan fingerprint density at radius 3 is 1.73 bits per heavy atom. The van der Waals surface area contributed by atoms with Gasteiger partial charge >= 0.3 is 17.9 Å². The van der Waals surface area contributed by atoms with Gasteiger partial charge < -0.3 is 23.7 Å². The van der Waals surface area contributed by atoms with Gasteiger partial charge in [-0.2, -0.15) is 0 Å². The van der Waals surface area contributed by atoms with Crippen molar-refractivity contribution >= 4 is 24.0 Å². The molecule has 0 aromatic heterocycles. The summed E-state index contributed by atoms with van der Waals surface area (Å²) in [6, 6.07) is 7.60. The minimum atomic E-state index is -0.379. The van der Waals surface area contributed by atoms with Gasteiger partial charge in [0.15, 0.2) is 0 Å². The molecule has 41 heavy (non-hydrogen) atoms. The molecule has 0 unspecified atom stereocenters. The number of rotatable bonds is 21. The van der Waals surface area contributed by atoms with E-state index in [2.05, 4.69) is 13.2 Å². The van der Waals surface area contributed by atoms with Crippen LogP contribution >= 0.6 is 0 Å². The van der Waals surface area contributed by atoms with Crippen LogP contribution < -0.4 is 4.74 Å². The Bertz CT molecular complexity index is 944. The molecular formula is C33H46O8. The van der Waals surface area contributed by atoms with Gasteiger partial charge in [0.2, 0.25) is 0 Å². The molecule has 226 valence electrons. The first-order chi connectivity index (χ1) is 20.0. The maximum absolute atomic E-state index is 12.3. The first-order valence-corrected chi connectivity index (χ1v) is 14.8. The van der Waals surface area contributed by atoms with Gasteiger partial charge in [-0.1, -0.05) is 31.7 Å². The van der Waals surface area contributed by atoms with Crippen LogP contribution in [0.1, 0.15) is 82.6 Å². The van der Waals surface area contributed by atoms with Gasteiger partial charge in [-0.3, -0.25) is 0 Å². The number of esters is 3. The Morgan fingerprint density at radius 2 is 1.17 bits per heavy atom. The highest BCUT2D eigenvalue weighted by atomic mass is 16.5. The molecule has 8 nitrogen and oxygen atoms in total. The van der Waals surface area contributed by atoms with E-state index >= 15 is 0 Å². The second-order valence-corrected chi connectivity index (χ2v) is 10.0. The predicted molar refractivity (Wildman–Crippen MR) is 158 cm³/mol. The van der Waals surface area contributed by atoms with Crippen LogP contribution in [0, 0.1) is 0 Å². The monoisotopic (exact) mass is 570 g/mol. The van der Waals surface area contributed by atoms with Crippen LogP contribution in [-0.4, -0.2) is 56.5 Å². The second-order valence-electron chi connectivity index (χ2n) is 10.0. The molecule has 0 N–H and O–H groups in total. The van der Waals surface area contributed by atoms with E-state index in [0.717, 1.165) is 95.0 Å². The van der Waals surface area contributed by atoms with Crippen molar-refractivity contribution in [3.8, 4) is 5.75 Å². The van der Waals surface area contributed by atoms with Crippen molar-refractivity contribution in [2.24, 2.45) is 0 Å². The normalized spacial score (nSPS) is 16.6. The summed E-state index contributed by atoms with van der Waals surface area (Å²) in [6.45, 7) is 8.95. The van der Waals surface area contributed by atoms with Crippen LogP contribution in [0.25, 0.3) is 6.08 Å². The third-order valence-electron chi connectivity index (χ3n) is 6.72. The van der Waals surface area contributed by atoms with Gasteiger partial charge in [0.05, 0.1) is 25.9 Å². The number of carbonyl (C=O) groups excluding carboxylic acids is 3. The standard InChI is InChI=1S/C33H46O8/c1-3-31(34)39-25-11-7-5-9-23-37-28-16-13-27(14-17-28)15-22-33(36)41-30-20-18-29(19-21-30)38-24-10-6-8-12-26-40-32(35)4-2/h3-4,13-17,22,29-30H,1-2,5-12,18-21,23-26H2/b22-15+/t29-,30-. The summed E-state index contributed by atoms with van der Waals surface area (Å²) >= 11 is 0. The Balaban J connectivity index is 1.50. The Morgan fingerprint density at radius 1 is 0.659 bits per heavy atom. The van der Waals surface area contributed by atoms with Crippen molar-refractivity contribution in [3.63, 3.8) is 0 Å². The Hall–Kier alpha value is -3.39. The van der Waals surface area contributed by atoms with Crippen molar-refractivity contribution in [3.05, 3.63) is 61.2 Å². The fourth-order valence-corrected chi connectivity index (χ4v) is 4.38. The molecule has 1 saturated carbocycles. The quantitative estimate of drug-likeness (QED) is 0.0712. The fraction of sp³-hybridized carbons (Fsp3) is 0.545. The molecule has 1 aliphatic rings. The van der Waals surface area contributed by atoms with E-state index in [4.69, 9.17) is 23.7 Å². The summed E-state index contributed by atoms with van der Waals surface area (Å²) in [5, 5.41) is 0. The number of carbonyl (C=O) groups is 3. The third-order valence-corrected chi connectivity index (χ3v) is 6.72. The molecule has 8 heteroatoms. The van der Waals surface area contributed by atoms with Gasteiger partial charge in [-0.05, 0) is 94.4 Å². The van der Waals surface area contributed by atoms with E-state index in [1.807, 2.05) is 24.3 Å². The van der Waals surface area contributed by atoms with Crippen molar-refractivity contribution in [2.45, 2.75) is 89.3 Å². The van der Waals surface area contributed by atoms with E-state index < -0.39 is 0 Å². The van der Waals surface area contributed by atoms with Gasteiger partial charge in [0, 0.05) is 24.8 Å². The molecule has 0 bridgehead atoms. The molecule has 1 aromatic rings. The van der Waals surface area contributed by atoms with E-state index in [-0.39, 0.29) is 30.1 Å². The van der Waals surface area contributed by atoms with E-state index in [9.17, 15) is 14.4 Å². The minimum Gasteiger partial charge on any atom is -0.494 e. The number of hydrogen-bond acceptors (Lipinski definition) is 8. The summed E-state index contributed by atoms with van der Waals surface area (Å²) in [5.74, 6) is -0.288. The number of benzene rings is 1. The number of hydrogen-bond donors (Lipinski definition) is 0. The lowest BCUT2D eigenvalue weighted by Gasteiger charge is -2.28. The molecule has 0 heterocycles. The molecule has 0 saturated heterocycles. The fourth-order valence-electron chi connectivity index (χ4n) is 4.38. The zero-order valence-electron chi connectivity index (χ0n) is 24.3. The first kappa shape index (κ1) is 33.8. The molecular weight excluding hydrogens is 524 g/mol. The van der Waals surface area contributed by atoms with Crippen LogP contribution in [0.3, 0.4) is 0 Å². The maximum atomic E-state index is 12.3. The average Bonchev–Trinajstić information content (AvgIpc) is 2.99. The summed E-state index contributed by atoms with van der Waals surface area (Å²) < 4.78 is 27.3. The van der Waals surface area contributed by atoms with Crippen LogP contribution in [0.2, 0.25) is 0 Å². The molecule has 0 spiro atoms. The molecule has 0 aliphatic heterocycles. The smallest absolute Gasteiger partial charge is 0.331 e. The summed E-state index contributed by atoms with van der Waals surface area (Å²) in [4.78, 5) is 34.2. The zero-order valence-corrected chi connectivity index (χ0v) is 24.3. The minimum absolute atomic E-state index is 0.0665. The van der Waals surface area contributed by atoms with E-state index in [1.165, 1.54) is 18.2 Å². The van der Waals surface area contributed by atoms with Crippen LogP contribution in [0.4, 0.5) is 0 Å². The van der Waals surface area contributed by atoms with Crippen molar-refractivity contribution < 1.29 is 38.1 Å². The van der Waals surface area contributed by atoms with Gasteiger partial charge in [0.1, 0.15) is 11.9 Å². The van der Waals surface area contributed by atoms with Gasteiger partial charge in [-0.15, -0.1) is 0 Å². The Labute approximate surface area is 244 Å². The van der Waals surface area contributed by atoms with Crippen molar-refractivity contribution in [1.82, 2.24) is 0 Å². The highest BCUT2D eigenvalue weighted by molar-refractivity contribution is 5.87. The largest absolute Gasteiger partial charge is 0.494 e. The molecule has 0 amide bonds. The van der Waals surface area contributed by atoms with Crippen molar-refractivity contribution in [1.29, 1.82) is 0 Å². The van der Waals surface area contributed by atoms with Crippen LogP contribution in [0.15, 0.2) is 55.7 Å². The molecule has 1 aromatic carbocycles. The van der Waals surface area contributed by atoms with E-state index in [1.54, 1.807) is 6.08 Å². The van der Waals surface area contributed by atoms with Gasteiger partial charge in [0.25, 0.3) is 0 Å². The maximum Gasteiger partial charge on any atom is 0.331 e. The number of ether oxygens (including phenoxy) is 5. The molecule has 0 radical (unpaired) electrons. The Kier molecular flexibility index (Phi) is 17.6. The summed E-state index contributed by atoms with van der Waals surface area (Å²) in [7, 11) is 0. The zero-order chi connectivity index (χ0) is 29.5.